The van der Waals surface area contributed by atoms with Gasteiger partial charge in [0.15, 0.2) is 17.7 Å². The molecule has 3 aromatic carbocycles. The Balaban J connectivity index is 1.58. The minimum absolute atomic E-state index is 0.0782. The minimum atomic E-state index is -1.14. The van der Waals surface area contributed by atoms with Crippen LogP contribution < -0.4 is 20.7 Å². The summed E-state index contributed by atoms with van der Waals surface area (Å²) in [5.41, 5.74) is 0.522. The van der Waals surface area contributed by atoms with Crippen molar-refractivity contribution in [2.75, 3.05) is 20.8 Å². The van der Waals surface area contributed by atoms with Crippen LogP contribution in [0.4, 0.5) is 0 Å². The number of hydrogen-bond donors (Lipinski definition) is 2. The Hall–Kier alpha value is -4.18. The molecule has 3 unspecified atom stereocenters. The fraction of sp³-hybridized carbons (Fsp3) is 0.290. The van der Waals surface area contributed by atoms with E-state index in [1.165, 1.54) is 10.8 Å². The molecule has 1 aliphatic rings. The standard InChI is InChI=1S/C31H32N2O7/c1-20-18-33(30(36)32-28(20)35)29-25(34)17-23(40-29)19-39-31(21-11-6-4-7-12-21,22-13-8-5-9-14-22)24-15-10-16-26(37-2)27(24)38-3/h4-16,18,23,25,29,34H,17,19H2,1-3H3,(H,32,35,36). The Morgan fingerprint density at radius 1 is 0.950 bits per heavy atom. The Morgan fingerprint density at radius 2 is 1.60 bits per heavy atom. The summed E-state index contributed by atoms with van der Waals surface area (Å²) in [6.07, 6.45) is -0.874. The first kappa shape index (κ1) is 27.4. The first-order valence-electron chi connectivity index (χ1n) is 13.0. The zero-order chi connectivity index (χ0) is 28.3. The van der Waals surface area contributed by atoms with E-state index in [1.54, 1.807) is 21.1 Å². The van der Waals surface area contributed by atoms with E-state index in [-0.39, 0.29) is 13.0 Å². The van der Waals surface area contributed by atoms with Gasteiger partial charge in [-0.15, -0.1) is 0 Å². The Bertz CT molecular complexity index is 1530. The molecule has 0 amide bonds. The van der Waals surface area contributed by atoms with Gasteiger partial charge in [0.1, 0.15) is 11.7 Å². The number of aromatic nitrogens is 2. The SMILES string of the molecule is COc1cccc(C(OCC2CC(O)C(n3cc(C)c(=O)[nH]c3=O)O2)(c2ccccc2)c2ccccc2)c1OC. The van der Waals surface area contributed by atoms with Gasteiger partial charge in [0, 0.05) is 23.7 Å². The highest BCUT2D eigenvalue weighted by Gasteiger charge is 2.43. The molecule has 1 fully saturated rings. The van der Waals surface area contributed by atoms with Gasteiger partial charge < -0.3 is 24.1 Å². The van der Waals surface area contributed by atoms with Crippen LogP contribution in [0.5, 0.6) is 11.5 Å². The third kappa shape index (κ3) is 4.95. The van der Waals surface area contributed by atoms with E-state index in [0.717, 1.165) is 16.7 Å². The first-order valence-corrected chi connectivity index (χ1v) is 13.0. The van der Waals surface area contributed by atoms with Crippen LogP contribution in [0.25, 0.3) is 0 Å². The van der Waals surface area contributed by atoms with E-state index in [2.05, 4.69) is 4.98 Å². The third-order valence-corrected chi connectivity index (χ3v) is 7.21. The second kappa shape index (κ2) is 11.5. The summed E-state index contributed by atoms with van der Waals surface area (Å²) in [7, 11) is 3.18. The molecule has 0 aliphatic carbocycles. The van der Waals surface area contributed by atoms with Gasteiger partial charge in [-0.25, -0.2) is 4.79 Å². The average molecular weight is 545 g/mol. The van der Waals surface area contributed by atoms with Crippen molar-refractivity contribution in [3.63, 3.8) is 0 Å². The number of para-hydroxylation sites is 1. The van der Waals surface area contributed by atoms with Crippen molar-refractivity contribution in [3.8, 4) is 11.5 Å². The number of H-pyrrole nitrogens is 1. The molecule has 9 heteroatoms. The smallest absolute Gasteiger partial charge is 0.330 e. The lowest BCUT2D eigenvalue weighted by Gasteiger charge is -2.37. The maximum absolute atomic E-state index is 12.5. The van der Waals surface area contributed by atoms with Crippen molar-refractivity contribution < 1.29 is 24.1 Å². The quantitative estimate of drug-likeness (QED) is 0.310. The van der Waals surface area contributed by atoms with E-state index in [1.807, 2.05) is 78.9 Å². The summed E-state index contributed by atoms with van der Waals surface area (Å²) in [5.74, 6) is 1.08. The Labute approximate surface area is 231 Å². The molecule has 5 rings (SSSR count). The number of aryl methyl sites for hydroxylation is 1. The number of aromatic amines is 1. The number of hydrogen-bond acceptors (Lipinski definition) is 7. The van der Waals surface area contributed by atoms with Crippen molar-refractivity contribution in [1.82, 2.24) is 9.55 Å². The number of benzene rings is 3. The topological polar surface area (TPSA) is 112 Å². The molecule has 40 heavy (non-hydrogen) atoms. The van der Waals surface area contributed by atoms with Crippen molar-refractivity contribution >= 4 is 0 Å². The van der Waals surface area contributed by atoms with Crippen LogP contribution in [0.3, 0.4) is 0 Å². The van der Waals surface area contributed by atoms with Crippen LogP contribution >= 0.6 is 0 Å². The van der Waals surface area contributed by atoms with Gasteiger partial charge in [-0.2, -0.15) is 0 Å². The van der Waals surface area contributed by atoms with Gasteiger partial charge in [0.05, 0.1) is 26.9 Å². The van der Waals surface area contributed by atoms with Crippen molar-refractivity contribution in [3.05, 3.63) is 128 Å². The Morgan fingerprint density at radius 3 is 2.20 bits per heavy atom. The van der Waals surface area contributed by atoms with Gasteiger partial charge in [0.2, 0.25) is 0 Å². The monoisotopic (exact) mass is 544 g/mol. The number of aliphatic hydroxyl groups is 1. The lowest BCUT2D eigenvalue weighted by molar-refractivity contribution is -0.0879. The Kier molecular flexibility index (Phi) is 7.88. The molecule has 2 N–H and O–H groups in total. The fourth-order valence-corrected chi connectivity index (χ4v) is 5.31. The van der Waals surface area contributed by atoms with E-state index < -0.39 is 35.3 Å². The number of methoxy groups -OCH3 is 2. The third-order valence-electron chi connectivity index (χ3n) is 7.21. The van der Waals surface area contributed by atoms with Crippen LogP contribution in [0, 0.1) is 6.92 Å². The lowest BCUT2D eigenvalue weighted by atomic mass is 9.79. The molecular weight excluding hydrogens is 512 g/mol. The van der Waals surface area contributed by atoms with E-state index in [4.69, 9.17) is 18.9 Å². The van der Waals surface area contributed by atoms with Crippen LogP contribution in [-0.2, 0) is 15.1 Å². The molecular formula is C31H32N2O7. The second-order valence-corrected chi connectivity index (χ2v) is 9.70. The lowest BCUT2D eigenvalue weighted by Crippen LogP contribution is -2.37. The average Bonchev–Trinajstić information content (AvgIpc) is 3.36. The highest BCUT2D eigenvalue weighted by molar-refractivity contribution is 5.57. The molecule has 0 spiro atoms. The van der Waals surface area contributed by atoms with Gasteiger partial charge in [-0.05, 0) is 24.1 Å². The molecule has 0 bridgehead atoms. The summed E-state index contributed by atoms with van der Waals surface area (Å²) in [6, 6.07) is 25.3. The van der Waals surface area contributed by atoms with E-state index >= 15 is 0 Å². The first-order chi connectivity index (χ1) is 19.4. The molecule has 3 atom stereocenters. The molecule has 1 aliphatic heterocycles. The molecule has 0 radical (unpaired) electrons. The van der Waals surface area contributed by atoms with Gasteiger partial charge >= 0.3 is 5.69 Å². The molecule has 208 valence electrons. The molecule has 2 heterocycles. The summed E-state index contributed by atoms with van der Waals surface area (Å²) in [6.45, 7) is 1.67. The van der Waals surface area contributed by atoms with Gasteiger partial charge in [-0.3, -0.25) is 14.3 Å². The summed E-state index contributed by atoms with van der Waals surface area (Å²) in [4.78, 5) is 26.6. The maximum atomic E-state index is 12.5. The predicted octanol–water partition coefficient (Wildman–Crippen LogP) is 3.52. The highest BCUT2D eigenvalue weighted by Crippen LogP contribution is 2.47. The molecule has 1 aromatic heterocycles. The van der Waals surface area contributed by atoms with Crippen LogP contribution in [0.1, 0.15) is 34.9 Å². The van der Waals surface area contributed by atoms with Crippen LogP contribution in [-0.4, -0.2) is 47.7 Å². The predicted molar refractivity (Wildman–Crippen MR) is 149 cm³/mol. The number of nitrogens with zero attached hydrogens (tertiary/aromatic N) is 1. The minimum Gasteiger partial charge on any atom is -0.493 e. The zero-order valence-electron chi connectivity index (χ0n) is 22.6. The van der Waals surface area contributed by atoms with Crippen molar-refractivity contribution in [2.24, 2.45) is 0 Å². The molecule has 1 saturated heterocycles. The van der Waals surface area contributed by atoms with Crippen LogP contribution in [0.2, 0.25) is 0 Å². The normalized spacial score (nSPS) is 18.9. The summed E-state index contributed by atoms with van der Waals surface area (Å²) >= 11 is 0. The fourth-order valence-electron chi connectivity index (χ4n) is 5.31. The molecule has 9 nitrogen and oxygen atoms in total. The molecule has 4 aromatic rings. The molecule has 0 saturated carbocycles. The van der Waals surface area contributed by atoms with Crippen molar-refractivity contribution in [1.29, 1.82) is 0 Å². The number of ether oxygens (including phenoxy) is 4. The van der Waals surface area contributed by atoms with E-state index in [9.17, 15) is 14.7 Å². The van der Waals surface area contributed by atoms with E-state index in [0.29, 0.717) is 17.1 Å². The summed E-state index contributed by atoms with van der Waals surface area (Å²) < 4.78 is 25.8. The van der Waals surface area contributed by atoms with Gasteiger partial charge in [-0.1, -0.05) is 72.8 Å². The maximum Gasteiger partial charge on any atom is 0.330 e. The zero-order valence-corrected chi connectivity index (χ0v) is 22.6. The van der Waals surface area contributed by atoms with Gasteiger partial charge in [0.25, 0.3) is 5.56 Å². The number of aliphatic hydroxyl groups excluding tert-OH is 1. The van der Waals surface area contributed by atoms with Crippen molar-refractivity contribution in [2.45, 2.75) is 37.4 Å². The van der Waals surface area contributed by atoms with Crippen LogP contribution in [0.15, 0.2) is 94.6 Å². The largest absolute Gasteiger partial charge is 0.493 e. The number of rotatable bonds is 9. The summed E-state index contributed by atoms with van der Waals surface area (Å²) in [5, 5.41) is 10.9. The number of nitrogens with one attached hydrogen (secondary N) is 1. The highest BCUT2D eigenvalue weighted by atomic mass is 16.6. The second-order valence-electron chi connectivity index (χ2n) is 9.70.